The van der Waals surface area contributed by atoms with Gasteiger partial charge >= 0.3 is 0 Å². The molecule has 0 amide bonds. The molecule has 0 radical (unpaired) electrons. The van der Waals surface area contributed by atoms with Crippen molar-refractivity contribution in [3.8, 4) is 11.1 Å². The first-order valence-corrected chi connectivity index (χ1v) is 8.02. The van der Waals surface area contributed by atoms with Crippen LogP contribution in [0.4, 0.5) is 0 Å². The summed E-state index contributed by atoms with van der Waals surface area (Å²) < 4.78 is 8.30. The van der Waals surface area contributed by atoms with E-state index in [0.29, 0.717) is 0 Å². The quantitative estimate of drug-likeness (QED) is 0.313. The number of rotatable bonds is 1. The van der Waals surface area contributed by atoms with Gasteiger partial charge in [-0.05, 0) is 11.5 Å². The highest BCUT2D eigenvalue weighted by Crippen LogP contribution is 2.38. The molecule has 0 spiro atoms. The van der Waals surface area contributed by atoms with Crippen molar-refractivity contribution in [2.75, 3.05) is 0 Å². The number of fused-ring (bicyclic) bond motifs is 5. The molecule has 0 fully saturated rings. The Labute approximate surface area is 139 Å². The highest BCUT2D eigenvalue weighted by Gasteiger charge is 2.12. The fourth-order valence-electron chi connectivity index (χ4n) is 3.42. The molecule has 0 N–H and O–H groups in total. The summed E-state index contributed by atoms with van der Waals surface area (Å²) in [4.78, 5) is 0. The summed E-state index contributed by atoms with van der Waals surface area (Å²) in [5.74, 6) is 0. The molecule has 0 unspecified atom stereocenters. The van der Waals surface area contributed by atoms with Gasteiger partial charge in [0.2, 0.25) is 0 Å². The lowest BCUT2D eigenvalue weighted by atomic mass is 10.0. The molecule has 0 aliphatic rings. The first kappa shape index (κ1) is 13.3. The third-order valence-electron chi connectivity index (χ3n) is 4.55. The Kier molecular flexibility index (Phi) is 2.74. The van der Waals surface area contributed by atoms with Crippen LogP contribution in [0.2, 0.25) is 0 Å². The Morgan fingerprint density at radius 1 is 0.750 bits per heavy atom. The van der Waals surface area contributed by atoms with Crippen LogP contribution in [0, 0.1) is 6.20 Å². The Balaban J connectivity index is 1.92. The molecule has 0 saturated heterocycles. The third kappa shape index (κ3) is 1.86. The Morgan fingerprint density at radius 3 is 2.50 bits per heavy atom. The molecular weight excluding hydrogens is 294 g/mol. The maximum atomic E-state index is 6.36. The molecule has 0 aliphatic heterocycles. The summed E-state index contributed by atoms with van der Waals surface area (Å²) in [6.45, 7) is 0. The summed E-state index contributed by atoms with van der Waals surface area (Å²) in [6, 6.07) is 23.1. The molecular formula is C22H15NO. The predicted octanol–water partition coefficient (Wildman–Crippen LogP) is 5.03. The van der Waals surface area contributed by atoms with E-state index >= 15 is 0 Å². The minimum atomic E-state index is 0.923. The van der Waals surface area contributed by atoms with Gasteiger partial charge in [-0.1, -0.05) is 65.7 Å². The highest BCUT2D eigenvalue weighted by atomic mass is 16.3. The van der Waals surface area contributed by atoms with E-state index in [1.807, 2.05) is 23.9 Å². The van der Waals surface area contributed by atoms with E-state index in [1.54, 1.807) is 0 Å². The van der Waals surface area contributed by atoms with Gasteiger partial charge in [-0.25, -0.2) is 0 Å². The van der Waals surface area contributed by atoms with Crippen LogP contribution in [-0.2, 0) is 7.05 Å². The lowest BCUT2D eigenvalue weighted by molar-refractivity contribution is -0.675. The zero-order chi connectivity index (χ0) is 16.1. The number of pyridine rings is 1. The fraction of sp³-hybridized carbons (Fsp3) is 0.0455. The predicted molar refractivity (Wildman–Crippen MR) is 96.7 cm³/mol. The van der Waals surface area contributed by atoms with Crippen molar-refractivity contribution < 1.29 is 8.98 Å². The van der Waals surface area contributed by atoms with Gasteiger partial charge in [0.15, 0.2) is 6.20 Å². The van der Waals surface area contributed by atoms with Gasteiger partial charge in [-0.3, -0.25) is 4.57 Å². The van der Waals surface area contributed by atoms with Crippen LogP contribution in [0.15, 0.2) is 77.3 Å². The van der Waals surface area contributed by atoms with E-state index in [-0.39, 0.29) is 0 Å². The van der Waals surface area contributed by atoms with Gasteiger partial charge in [0, 0.05) is 16.2 Å². The molecule has 0 saturated carbocycles. The third-order valence-corrected chi connectivity index (χ3v) is 4.55. The van der Waals surface area contributed by atoms with Crippen molar-refractivity contribution in [3.63, 3.8) is 0 Å². The van der Waals surface area contributed by atoms with Crippen LogP contribution in [0.25, 0.3) is 43.8 Å². The monoisotopic (exact) mass is 309 g/mol. The Hall–Kier alpha value is -3.13. The van der Waals surface area contributed by atoms with E-state index in [1.165, 1.54) is 5.39 Å². The van der Waals surface area contributed by atoms with Crippen molar-refractivity contribution in [2.24, 2.45) is 7.05 Å². The van der Waals surface area contributed by atoms with Crippen molar-refractivity contribution in [2.45, 2.75) is 0 Å². The smallest absolute Gasteiger partial charge is 0.153 e. The summed E-state index contributed by atoms with van der Waals surface area (Å²) in [5.41, 5.74) is 3.99. The summed E-state index contributed by atoms with van der Waals surface area (Å²) >= 11 is 0. The lowest BCUT2D eigenvalue weighted by Crippen LogP contribution is -2.26. The van der Waals surface area contributed by atoms with E-state index < -0.39 is 0 Å². The molecule has 2 nitrogen and oxygen atoms in total. The number of benzene rings is 3. The number of aromatic nitrogens is 1. The standard InChI is InChI=1S/C22H15NO/c1-23-13-5-7-16(14-23)18-9-4-10-19-20-12-11-15-6-2-3-8-17(15)21(20)24-22(18)19/h2-13H,1H3. The second-order valence-corrected chi connectivity index (χ2v) is 6.09. The van der Waals surface area contributed by atoms with E-state index in [2.05, 4.69) is 66.9 Å². The van der Waals surface area contributed by atoms with E-state index in [4.69, 9.17) is 4.42 Å². The van der Waals surface area contributed by atoms with E-state index in [0.717, 1.165) is 38.5 Å². The molecule has 2 heterocycles. The average Bonchev–Trinajstić information content (AvgIpc) is 3.01. The van der Waals surface area contributed by atoms with Crippen LogP contribution < -0.4 is 4.57 Å². The molecule has 2 heteroatoms. The average molecular weight is 309 g/mol. The normalized spacial score (nSPS) is 11.5. The van der Waals surface area contributed by atoms with Crippen molar-refractivity contribution in [1.82, 2.24) is 0 Å². The summed E-state index contributed by atoms with van der Waals surface area (Å²) in [7, 11) is 1.98. The molecule has 2 aromatic heterocycles. The second kappa shape index (κ2) is 4.93. The van der Waals surface area contributed by atoms with Crippen molar-refractivity contribution >= 4 is 32.7 Å². The summed E-state index contributed by atoms with van der Waals surface area (Å²) in [6.07, 6.45) is 5.34. The first-order chi connectivity index (χ1) is 11.8. The number of nitrogens with zero attached hydrogens (tertiary/aromatic N) is 1. The van der Waals surface area contributed by atoms with Crippen LogP contribution in [0.5, 0.6) is 0 Å². The molecule has 3 aromatic carbocycles. The number of para-hydroxylation sites is 1. The highest BCUT2D eigenvalue weighted by molar-refractivity contribution is 6.17. The van der Waals surface area contributed by atoms with Crippen molar-refractivity contribution in [3.05, 3.63) is 79.1 Å². The Bertz CT molecular complexity index is 1220. The van der Waals surface area contributed by atoms with Gasteiger partial charge in [0.05, 0.1) is 6.20 Å². The van der Waals surface area contributed by atoms with Gasteiger partial charge in [-0.2, -0.15) is 0 Å². The van der Waals surface area contributed by atoms with Crippen LogP contribution >= 0.6 is 0 Å². The fourth-order valence-corrected chi connectivity index (χ4v) is 3.42. The molecule has 0 atom stereocenters. The zero-order valence-electron chi connectivity index (χ0n) is 13.3. The molecule has 24 heavy (non-hydrogen) atoms. The maximum Gasteiger partial charge on any atom is 0.153 e. The van der Waals surface area contributed by atoms with Crippen LogP contribution in [0.1, 0.15) is 0 Å². The number of furan rings is 1. The molecule has 5 aromatic rings. The van der Waals surface area contributed by atoms with Crippen molar-refractivity contribution in [1.29, 1.82) is 0 Å². The lowest BCUT2D eigenvalue weighted by Gasteiger charge is -2.07. The number of hydrogen-bond acceptors (Lipinski definition) is 1. The minimum absolute atomic E-state index is 0.923. The number of aryl methyl sites for hydroxylation is 1. The largest absolute Gasteiger partial charge is 0.465 e. The maximum absolute atomic E-state index is 6.36. The van der Waals surface area contributed by atoms with Gasteiger partial charge < -0.3 is 4.42 Å². The zero-order valence-corrected chi connectivity index (χ0v) is 13.3. The Morgan fingerprint density at radius 2 is 1.58 bits per heavy atom. The topological polar surface area (TPSA) is 17.0 Å². The minimum Gasteiger partial charge on any atom is -0.465 e. The van der Waals surface area contributed by atoms with Crippen LogP contribution in [0.3, 0.4) is 0 Å². The SMILES string of the molecule is C[n+]1[c-]c(-c2cccc3c2oc2c4ccccc4ccc32)ccc1. The summed E-state index contributed by atoms with van der Waals surface area (Å²) in [5, 5.41) is 4.65. The van der Waals surface area contributed by atoms with Gasteiger partial charge in [-0.15, -0.1) is 6.07 Å². The first-order valence-electron chi connectivity index (χ1n) is 8.02. The van der Waals surface area contributed by atoms with Gasteiger partial charge in [0.25, 0.3) is 0 Å². The number of hydrogen-bond donors (Lipinski definition) is 0. The molecule has 114 valence electrons. The van der Waals surface area contributed by atoms with Crippen LogP contribution in [-0.4, -0.2) is 0 Å². The van der Waals surface area contributed by atoms with E-state index in [9.17, 15) is 0 Å². The molecule has 0 bridgehead atoms. The molecule has 0 aliphatic carbocycles. The second-order valence-electron chi connectivity index (χ2n) is 6.09. The van der Waals surface area contributed by atoms with Gasteiger partial charge in [0.1, 0.15) is 18.2 Å². The molecule has 5 rings (SSSR count).